The van der Waals surface area contributed by atoms with E-state index in [1.54, 1.807) is 26.8 Å². The maximum atomic E-state index is 13.6. The van der Waals surface area contributed by atoms with E-state index in [-0.39, 0.29) is 12.2 Å². The van der Waals surface area contributed by atoms with Crippen LogP contribution in [0.1, 0.15) is 25.0 Å². The topological polar surface area (TPSA) is 46.5 Å². The summed E-state index contributed by atoms with van der Waals surface area (Å²) in [5, 5.41) is 9.03. The first kappa shape index (κ1) is 13.5. The van der Waals surface area contributed by atoms with E-state index in [1.165, 1.54) is 13.2 Å². The first-order valence-corrected chi connectivity index (χ1v) is 5.34. The van der Waals surface area contributed by atoms with Gasteiger partial charge < -0.3 is 9.84 Å². The maximum absolute atomic E-state index is 13.6. The molecule has 3 nitrogen and oxygen atoms in total. The van der Waals surface area contributed by atoms with Crippen LogP contribution in [0.15, 0.2) is 12.1 Å². The fourth-order valence-electron chi connectivity index (χ4n) is 1.61. The van der Waals surface area contributed by atoms with Gasteiger partial charge in [0.25, 0.3) is 0 Å². The van der Waals surface area contributed by atoms with E-state index in [1.807, 2.05) is 0 Å². The molecule has 0 atom stereocenters. The highest BCUT2D eigenvalue weighted by Crippen LogP contribution is 2.28. The Kier molecular flexibility index (Phi) is 3.76. The summed E-state index contributed by atoms with van der Waals surface area (Å²) in [6, 6.07) is 3.05. The van der Waals surface area contributed by atoms with Gasteiger partial charge in [-0.3, -0.25) is 4.79 Å². The van der Waals surface area contributed by atoms with Gasteiger partial charge in [0, 0.05) is 5.56 Å². The third kappa shape index (κ3) is 2.96. The Morgan fingerprint density at radius 3 is 2.53 bits per heavy atom. The van der Waals surface area contributed by atoms with Crippen molar-refractivity contribution in [1.82, 2.24) is 0 Å². The van der Waals surface area contributed by atoms with Crippen molar-refractivity contribution in [2.45, 2.75) is 27.2 Å². The zero-order valence-electron chi connectivity index (χ0n) is 10.5. The summed E-state index contributed by atoms with van der Waals surface area (Å²) >= 11 is 0. The SMILES string of the molecule is COc1cc(CC(C)(C)C(=O)O)cc(F)c1C. The fraction of sp³-hybridized carbons (Fsp3) is 0.462. The molecule has 1 N–H and O–H groups in total. The molecule has 0 aliphatic heterocycles. The second kappa shape index (κ2) is 4.73. The third-order valence-corrected chi connectivity index (χ3v) is 2.80. The summed E-state index contributed by atoms with van der Waals surface area (Å²) in [5.74, 6) is -0.834. The van der Waals surface area contributed by atoms with Crippen molar-refractivity contribution < 1.29 is 19.0 Å². The Labute approximate surface area is 100 Å². The zero-order chi connectivity index (χ0) is 13.2. The number of carboxylic acids is 1. The summed E-state index contributed by atoms with van der Waals surface area (Å²) in [5.41, 5.74) is 0.133. The molecular weight excluding hydrogens is 223 g/mol. The fourth-order valence-corrected chi connectivity index (χ4v) is 1.61. The number of hydrogen-bond donors (Lipinski definition) is 1. The molecule has 94 valence electrons. The van der Waals surface area contributed by atoms with Crippen molar-refractivity contribution in [3.8, 4) is 5.75 Å². The molecule has 0 bridgehead atoms. The second-order valence-electron chi connectivity index (χ2n) is 4.77. The summed E-state index contributed by atoms with van der Waals surface area (Å²) in [6.45, 7) is 4.85. The molecule has 0 aromatic heterocycles. The number of hydrogen-bond acceptors (Lipinski definition) is 2. The minimum Gasteiger partial charge on any atom is -0.496 e. The molecule has 0 aliphatic rings. The predicted molar refractivity (Wildman–Crippen MR) is 62.8 cm³/mol. The van der Waals surface area contributed by atoms with Gasteiger partial charge in [0.15, 0.2) is 0 Å². The smallest absolute Gasteiger partial charge is 0.309 e. The molecule has 0 fully saturated rings. The molecular formula is C13H17FO3. The molecule has 0 radical (unpaired) electrons. The Hall–Kier alpha value is -1.58. The van der Waals surface area contributed by atoms with Gasteiger partial charge in [0.1, 0.15) is 11.6 Å². The highest BCUT2D eigenvalue weighted by Gasteiger charge is 2.28. The summed E-state index contributed by atoms with van der Waals surface area (Å²) in [4.78, 5) is 11.0. The lowest BCUT2D eigenvalue weighted by Gasteiger charge is -2.19. The van der Waals surface area contributed by atoms with Gasteiger partial charge in [-0.2, -0.15) is 0 Å². The molecule has 1 aromatic carbocycles. The quantitative estimate of drug-likeness (QED) is 0.880. The zero-order valence-corrected chi connectivity index (χ0v) is 10.5. The number of rotatable bonds is 4. The van der Waals surface area contributed by atoms with Gasteiger partial charge in [0.05, 0.1) is 12.5 Å². The highest BCUT2D eigenvalue weighted by molar-refractivity contribution is 5.74. The molecule has 0 amide bonds. The Bertz CT molecular complexity index is 439. The number of methoxy groups -OCH3 is 1. The number of halogens is 1. The minimum absolute atomic E-state index is 0.260. The molecule has 17 heavy (non-hydrogen) atoms. The molecule has 0 saturated heterocycles. The van der Waals surface area contributed by atoms with E-state index in [2.05, 4.69) is 0 Å². The largest absolute Gasteiger partial charge is 0.496 e. The van der Waals surface area contributed by atoms with Crippen LogP contribution in [0.3, 0.4) is 0 Å². The van der Waals surface area contributed by atoms with Gasteiger partial charge in [-0.15, -0.1) is 0 Å². The van der Waals surface area contributed by atoms with E-state index in [0.29, 0.717) is 16.9 Å². The van der Waals surface area contributed by atoms with Crippen molar-refractivity contribution in [2.75, 3.05) is 7.11 Å². The van der Waals surface area contributed by atoms with Gasteiger partial charge in [-0.05, 0) is 44.9 Å². The van der Waals surface area contributed by atoms with E-state index in [4.69, 9.17) is 9.84 Å². The predicted octanol–water partition coefficient (Wildman–Crippen LogP) is 2.80. The second-order valence-corrected chi connectivity index (χ2v) is 4.77. The minimum atomic E-state index is -0.924. The van der Waals surface area contributed by atoms with Crippen molar-refractivity contribution in [1.29, 1.82) is 0 Å². The molecule has 1 aromatic rings. The van der Waals surface area contributed by atoms with Crippen LogP contribution >= 0.6 is 0 Å². The van der Waals surface area contributed by atoms with Crippen LogP contribution in [0.4, 0.5) is 4.39 Å². The first-order valence-electron chi connectivity index (χ1n) is 5.34. The van der Waals surface area contributed by atoms with Gasteiger partial charge in [0.2, 0.25) is 0 Å². The normalized spacial score (nSPS) is 11.4. The molecule has 0 saturated carbocycles. The lowest BCUT2D eigenvalue weighted by atomic mass is 9.85. The van der Waals surface area contributed by atoms with Crippen molar-refractivity contribution in [2.24, 2.45) is 5.41 Å². The van der Waals surface area contributed by atoms with Gasteiger partial charge in [-0.25, -0.2) is 4.39 Å². The van der Waals surface area contributed by atoms with Crippen LogP contribution in [0, 0.1) is 18.2 Å². The molecule has 0 aliphatic carbocycles. The summed E-state index contributed by atoms with van der Waals surface area (Å²) < 4.78 is 18.6. The van der Waals surface area contributed by atoms with Crippen molar-refractivity contribution in [3.05, 3.63) is 29.1 Å². The van der Waals surface area contributed by atoms with Gasteiger partial charge in [-0.1, -0.05) is 0 Å². The van der Waals surface area contributed by atoms with Crippen LogP contribution in [-0.2, 0) is 11.2 Å². The number of benzene rings is 1. The number of aliphatic carboxylic acids is 1. The molecule has 0 heterocycles. The lowest BCUT2D eigenvalue weighted by molar-refractivity contribution is -0.146. The number of carboxylic acid groups (broad SMARTS) is 1. The molecule has 0 spiro atoms. The van der Waals surface area contributed by atoms with Crippen LogP contribution in [0.2, 0.25) is 0 Å². The van der Waals surface area contributed by atoms with Crippen LogP contribution in [0.25, 0.3) is 0 Å². The number of carbonyl (C=O) groups is 1. The van der Waals surface area contributed by atoms with Crippen molar-refractivity contribution >= 4 is 5.97 Å². The summed E-state index contributed by atoms with van der Waals surface area (Å²) in [6.07, 6.45) is 0.260. The van der Waals surface area contributed by atoms with Crippen molar-refractivity contribution in [3.63, 3.8) is 0 Å². The standard InChI is InChI=1S/C13H17FO3/c1-8-10(14)5-9(6-11(8)17-4)7-13(2,3)12(15)16/h5-6H,7H2,1-4H3,(H,15,16). The maximum Gasteiger partial charge on any atom is 0.309 e. The highest BCUT2D eigenvalue weighted by atomic mass is 19.1. The average molecular weight is 240 g/mol. The van der Waals surface area contributed by atoms with Crippen LogP contribution in [0.5, 0.6) is 5.75 Å². The van der Waals surface area contributed by atoms with Crippen LogP contribution < -0.4 is 4.74 Å². The lowest BCUT2D eigenvalue weighted by Crippen LogP contribution is -2.26. The Morgan fingerprint density at radius 1 is 1.47 bits per heavy atom. The van der Waals surface area contributed by atoms with Crippen LogP contribution in [-0.4, -0.2) is 18.2 Å². The molecule has 0 unspecified atom stereocenters. The first-order chi connectivity index (χ1) is 7.77. The average Bonchev–Trinajstić information content (AvgIpc) is 2.22. The number of ether oxygens (including phenoxy) is 1. The monoisotopic (exact) mass is 240 g/mol. The molecule has 1 rings (SSSR count). The van der Waals surface area contributed by atoms with E-state index >= 15 is 0 Å². The molecule has 4 heteroatoms. The van der Waals surface area contributed by atoms with E-state index in [9.17, 15) is 9.18 Å². The summed E-state index contributed by atoms with van der Waals surface area (Å²) in [7, 11) is 1.47. The van der Waals surface area contributed by atoms with E-state index < -0.39 is 11.4 Å². The van der Waals surface area contributed by atoms with Gasteiger partial charge >= 0.3 is 5.97 Å². The third-order valence-electron chi connectivity index (χ3n) is 2.80. The Balaban J connectivity index is 3.09. The van der Waals surface area contributed by atoms with E-state index in [0.717, 1.165) is 0 Å². The Morgan fingerprint density at radius 2 is 2.06 bits per heavy atom.